The molecule has 0 fully saturated rings. The van der Waals surface area contributed by atoms with E-state index in [0.717, 1.165) is 11.1 Å². The van der Waals surface area contributed by atoms with E-state index in [1.807, 2.05) is 38.1 Å². The highest BCUT2D eigenvalue weighted by atomic mass is 35.5. The molecule has 3 nitrogen and oxygen atoms in total. The molecule has 0 aliphatic heterocycles. The van der Waals surface area contributed by atoms with Crippen LogP contribution in [0.25, 0.3) is 11.4 Å². The van der Waals surface area contributed by atoms with Crippen molar-refractivity contribution in [3.8, 4) is 11.4 Å². The van der Waals surface area contributed by atoms with Gasteiger partial charge in [-0.15, -0.1) is 0 Å². The lowest BCUT2D eigenvalue weighted by Crippen LogP contribution is -2.20. The largest absolute Gasteiger partial charge is 0.374 e. The van der Waals surface area contributed by atoms with Crippen LogP contribution in [0.1, 0.15) is 19.4 Å². The fourth-order valence-electron chi connectivity index (χ4n) is 1.53. The predicted molar refractivity (Wildman–Crippen MR) is 72.5 cm³/mol. The lowest BCUT2D eigenvalue weighted by Gasteiger charge is -2.22. The Morgan fingerprint density at radius 1 is 1.17 bits per heavy atom. The Morgan fingerprint density at radius 2 is 1.83 bits per heavy atom. The maximum absolute atomic E-state index is 5.95. The molecule has 0 aliphatic carbocycles. The van der Waals surface area contributed by atoms with E-state index in [1.54, 1.807) is 19.5 Å². The van der Waals surface area contributed by atoms with E-state index in [0.29, 0.717) is 10.8 Å². The van der Waals surface area contributed by atoms with E-state index in [1.165, 1.54) is 0 Å². The third-order valence-electron chi connectivity index (χ3n) is 2.94. The summed E-state index contributed by atoms with van der Waals surface area (Å²) in [7, 11) is 1.67. The van der Waals surface area contributed by atoms with Gasteiger partial charge >= 0.3 is 0 Å². The highest BCUT2D eigenvalue weighted by molar-refractivity contribution is 6.30. The molecular formula is C14H15ClN2O. The molecule has 18 heavy (non-hydrogen) atoms. The third-order valence-corrected chi connectivity index (χ3v) is 3.18. The van der Waals surface area contributed by atoms with Gasteiger partial charge in [-0.3, -0.25) is 0 Å². The first-order valence-corrected chi connectivity index (χ1v) is 6.04. The van der Waals surface area contributed by atoms with Crippen LogP contribution < -0.4 is 0 Å². The zero-order valence-electron chi connectivity index (χ0n) is 10.6. The zero-order chi connectivity index (χ0) is 13.2. The number of rotatable bonds is 3. The van der Waals surface area contributed by atoms with Crippen LogP contribution in [0.15, 0.2) is 36.7 Å². The van der Waals surface area contributed by atoms with Crippen LogP contribution in [-0.4, -0.2) is 17.1 Å². The van der Waals surface area contributed by atoms with Crippen LogP contribution in [-0.2, 0) is 10.3 Å². The number of hydrogen-bond donors (Lipinski definition) is 0. The average molecular weight is 263 g/mol. The minimum absolute atomic E-state index is 0.382. The Balaban J connectivity index is 2.33. The molecule has 0 atom stereocenters. The molecule has 0 radical (unpaired) electrons. The minimum Gasteiger partial charge on any atom is -0.374 e. The van der Waals surface area contributed by atoms with Crippen molar-refractivity contribution in [2.24, 2.45) is 0 Å². The summed E-state index contributed by atoms with van der Waals surface area (Å²) in [6.07, 6.45) is 3.57. The van der Waals surface area contributed by atoms with Gasteiger partial charge in [0, 0.05) is 35.7 Å². The Morgan fingerprint density at radius 3 is 2.39 bits per heavy atom. The molecule has 1 aromatic carbocycles. The Bertz CT molecular complexity index is 538. The molecule has 2 aromatic rings. The van der Waals surface area contributed by atoms with Crippen LogP contribution in [0.3, 0.4) is 0 Å². The van der Waals surface area contributed by atoms with E-state index in [-0.39, 0.29) is 5.60 Å². The van der Waals surface area contributed by atoms with Crippen molar-refractivity contribution in [2.45, 2.75) is 19.4 Å². The second kappa shape index (κ2) is 5.04. The average Bonchev–Trinajstić information content (AvgIpc) is 2.39. The number of nitrogens with zero attached hydrogens (tertiary/aromatic N) is 2. The quantitative estimate of drug-likeness (QED) is 0.846. The molecule has 0 N–H and O–H groups in total. The summed E-state index contributed by atoms with van der Waals surface area (Å²) in [4.78, 5) is 8.71. The van der Waals surface area contributed by atoms with Gasteiger partial charge in [0.15, 0.2) is 5.82 Å². The summed E-state index contributed by atoms with van der Waals surface area (Å²) in [5.74, 6) is 0.660. The maximum atomic E-state index is 5.95. The zero-order valence-corrected chi connectivity index (χ0v) is 11.4. The molecule has 0 aliphatic rings. The van der Waals surface area contributed by atoms with Crippen LogP contribution in [0.2, 0.25) is 5.02 Å². The van der Waals surface area contributed by atoms with Crippen LogP contribution in [0.4, 0.5) is 0 Å². The molecule has 0 unspecified atom stereocenters. The van der Waals surface area contributed by atoms with Crippen molar-refractivity contribution in [1.29, 1.82) is 0 Å². The third kappa shape index (κ3) is 2.68. The SMILES string of the molecule is COC(C)(C)c1cnc(-c2cccc(Cl)c2)nc1. The number of aromatic nitrogens is 2. The van der Waals surface area contributed by atoms with Gasteiger partial charge in [0.25, 0.3) is 0 Å². The molecule has 0 spiro atoms. The van der Waals surface area contributed by atoms with E-state index < -0.39 is 0 Å². The molecule has 0 saturated heterocycles. The summed E-state index contributed by atoms with van der Waals surface area (Å²) >= 11 is 5.95. The van der Waals surface area contributed by atoms with E-state index >= 15 is 0 Å². The highest BCUT2D eigenvalue weighted by Gasteiger charge is 2.20. The van der Waals surface area contributed by atoms with E-state index in [2.05, 4.69) is 9.97 Å². The first-order valence-electron chi connectivity index (χ1n) is 5.66. The molecule has 1 heterocycles. The Kier molecular flexibility index (Phi) is 3.64. The van der Waals surface area contributed by atoms with Gasteiger partial charge in [0.05, 0.1) is 5.60 Å². The maximum Gasteiger partial charge on any atom is 0.159 e. The molecule has 94 valence electrons. The smallest absolute Gasteiger partial charge is 0.159 e. The molecular weight excluding hydrogens is 248 g/mol. The molecule has 0 amide bonds. The minimum atomic E-state index is -0.382. The summed E-state index contributed by atoms with van der Waals surface area (Å²) in [6.45, 7) is 3.95. The number of methoxy groups -OCH3 is 1. The van der Waals surface area contributed by atoms with Crippen LogP contribution in [0, 0.1) is 0 Å². The lowest BCUT2D eigenvalue weighted by atomic mass is 10.0. The van der Waals surface area contributed by atoms with Gasteiger partial charge in [-0.1, -0.05) is 23.7 Å². The van der Waals surface area contributed by atoms with Gasteiger partial charge in [-0.05, 0) is 26.0 Å². The first kappa shape index (κ1) is 13.0. The van der Waals surface area contributed by atoms with Crippen LogP contribution in [0.5, 0.6) is 0 Å². The second-order valence-electron chi connectivity index (χ2n) is 4.52. The number of benzene rings is 1. The van der Waals surface area contributed by atoms with Crippen molar-refractivity contribution in [3.63, 3.8) is 0 Å². The number of ether oxygens (including phenoxy) is 1. The van der Waals surface area contributed by atoms with Gasteiger partial charge < -0.3 is 4.74 Å². The summed E-state index contributed by atoms with van der Waals surface area (Å²) in [5, 5.41) is 0.678. The van der Waals surface area contributed by atoms with Crippen molar-refractivity contribution in [1.82, 2.24) is 9.97 Å². The molecule has 0 bridgehead atoms. The fraction of sp³-hybridized carbons (Fsp3) is 0.286. The topological polar surface area (TPSA) is 35.0 Å². The van der Waals surface area contributed by atoms with Crippen LogP contribution >= 0.6 is 11.6 Å². The lowest BCUT2D eigenvalue weighted by molar-refractivity contribution is 0.0186. The normalized spacial score (nSPS) is 11.6. The first-order chi connectivity index (χ1) is 8.53. The van der Waals surface area contributed by atoms with Crippen molar-refractivity contribution >= 4 is 11.6 Å². The van der Waals surface area contributed by atoms with E-state index in [9.17, 15) is 0 Å². The molecule has 0 saturated carbocycles. The second-order valence-corrected chi connectivity index (χ2v) is 4.96. The molecule has 2 rings (SSSR count). The van der Waals surface area contributed by atoms with Gasteiger partial charge in [0.1, 0.15) is 0 Å². The Hall–Kier alpha value is -1.45. The summed E-state index contributed by atoms with van der Waals surface area (Å²) in [6, 6.07) is 7.49. The Labute approximate surface area is 112 Å². The standard InChI is InChI=1S/C14H15ClN2O/c1-14(2,18-3)11-8-16-13(17-9-11)10-5-4-6-12(15)7-10/h4-9H,1-3H3. The predicted octanol–water partition coefficient (Wildman–Crippen LogP) is 3.68. The monoisotopic (exact) mass is 262 g/mol. The fourth-order valence-corrected chi connectivity index (χ4v) is 1.72. The van der Waals surface area contributed by atoms with E-state index in [4.69, 9.17) is 16.3 Å². The van der Waals surface area contributed by atoms with Gasteiger partial charge in [-0.2, -0.15) is 0 Å². The highest BCUT2D eigenvalue weighted by Crippen LogP contribution is 2.24. The van der Waals surface area contributed by atoms with Crippen molar-refractivity contribution in [3.05, 3.63) is 47.2 Å². The van der Waals surface area contributed by atoms with Gasteiger partial charge in [-0.25, -0.2) is 9.97 Å². The molecule has 1 aromatic heterocycles. The van der Waals surface area contributed by atoms with Crippen molar-refractivity contribution in [2.75, 3.05) is 7.11 Å². The number of hydrogen-bond acceptors (Lipinski definition) is 3. The van der Waals surface area contributed by atoms with Crippen molar-refractivity contribution < 1.29 is 4.74 Å². The number of halogens is 1. The summed E-state index contributed by atoms with van der Waals surface area (Å²) in [5.41, 5.74) is 1.47. The van der Waals surface area contributed by atoms with Gasteiger partial charge in [0.2, 0.25) is 0 Å². The molecule has 4 heteroatoms. The summed E-state index contributed by atoms with van der Waals surface area (Å²) < 4.78 is 5.39.